The van der Waals surface area contributed by atoms with Crippen LogP contribution in [0.3, 0.4) is 0 Å². The zero-order valence-corrected chi connectivity index (χ0v) is 49.6. The second-order valence-corrected chi connectivity index (χ2v) is 22.4. The first-order valence-corrected chi connectivity index (χ1v) is 32.9. The molecule has 0 aliphatic rings. The van der Waals surface area contributed by atoms with Gasteiger partial charge < -0.3 is 20.3 Å². The smallest absolute Gasteiger partial charge is 0.305 e. The van der Waals surface area contributed by atoms with Crippen molar-refractivity contribution in [2.75, 3.05) is 13.2 Å². The topological polar surface area (TPSA) is 95.9 Å². The van der Waals surface area contributed by atoms with Crippen LogP contribution >= 0.6 is 0 Å². The lowest BCUT2D eigenvalue weighted by molar-refractivity contribution is -0.143. The highest BCUT2D eigenvalue weighted by molar-refractivity contribution is 5.76. The number of amides is 1. The van der Waals surface area contributed by atoms with E-state index in [9.17, 15) is 19.8 Å². The van der Waals surface area contributed by atoms with Crippen molar-refractivity contribution < 1.29 is 24.5 Å². The fourth-order valence-corrected chi connectivity index (χ4v) is 10.0. The average Bonchev–Trinajstić information content (AvgIpc) is 3.40. The van der Waals surface area contributed by atoms with Crippen molar-refractivity contribution in [3.63, 3.8) is 0 Å². The van der Waals surface area contributed by atoms with E-state index in [1.807, 2.05) is 6.08 Å². The van der Waals surface area contributed by atoms with Gasteiger partial charge in [-0.15, -0.1) is 0 Å². The van der Waals surface area contributed by atoms with E-state index in [2.05, 4.69) is 55.6 Å². The number of hydrogen-bond acceptors (Lipinski definition) is 5. The minimum atomic E-state index is -0.847. The normalized spacial score (nSPS) is 12.9. The molecule has 6 nitrogen and oxygen atoms in total. The first kappa shape index (κ1) is 71.8. The van der Waals surface area contributed by atoms with E-state index in [0.29, 0.717) is 19.4 Å². The number of carbonyl (C=O) groups is 2. The molecule has 0 saturated carbocycles. The van der Waals surface area contributed by atoms with Gasteiger partial charge >= 0.3 is 5.97 Å². The van der Waals surface area contributed by atoms with Crippen molar-refractivity contribution in [1.82, 2.24) is 5.32 Å². The van der Waals surface area contributed by atoms with Crippen LogP contribution < -0.4 is 5.32 Å². The van der Waals surface area contributed by atoms with Crippen LogP contribution in [0.5, 0.6) is 0 Å². The van der Waals surface area contributed by atoms with Gasteiger partial charge in [0.05, 0.1) is 25.4 Å². The molecule has 0 aromatic carbocycles. The maximum Gasteiger partial charge on any atom is 0.305 e. The molecule has 1 amide bonds. The second-order valence-electron chi connectivity index (χ2n) is 22.4. The zero-order chi connectivity index (χ0) is 53.6. The third-order valence-corrected chi connectivity index (χ3v) is 15.1. The van der Waals surface area contributed by atoms with Gasteiger partial charge in [0.2, 0.25) is 5.91 Å². The van der Waals surface area contributed by atoms with Gasteiger partial charge in [0.15, 0.2) is 0 Å². The minimum absolute atomic E-state index is 0.000811. The Morgan fingerprint density at radius 1 is 0.378 bits per heavy atom. The summed E-state index contributed by atoms with van der Waals surface area (Å²) in [7, 11) is 0. The molecule has 0 bridgehead atoms. The van der Waals surface area contributed by atoms with Crippen molar-refractivity contribution in [1.29, 1.82) is 0 Å². The van der Waals surface area contributed by atoms with Gasteiger partial charge in [0, 0.05) is 12.8 Å². The third kappa shape index (κ3) is 59.1. The molecule has 434 valence electrons. The van der Waals surface area contributed by atoms with Crippen LogP contribution in [-0.4, -0.2) is 47.4 Å². The highest BCUT2D eigenvalue weighted by Gasteiger charge is 2.18. The van der Waals surface area contributed by atoms with Crippen molar-refractivity contribution in [3.8, 4) is 0 Å². The van der Waals surface area contributed by atoms with Crippen molar-refractivity contribution in [2.24, 2.45) is 0 Å². The summed E-state index contributed by atoms with van der Waals surface area (Å²) in [6.45, 7) is 4.90. The summed E-state index contributed by atoms with van der Waals surface area (Å²) < 4.78 is 5.47. The van der Waals surface area contributed by atoms with E-state index in [4.69, 9.17) is 4.74 Å². The lowest BCUT2D eigenvalue weighted by atomic mass is 10.0. The molecular formula is C68H127NO5. The lowest BCUT2D eigenvalue weighted by Crippen LogP contribution is -2.45. The molecule has 3 N–H and O–H groups in total. The molecule has 2 unspecified atom stereocenters. The largest absolute Gasteiger partial charge is 0.466 e. The van der Waals surface area contributed by atoms with Crippen LogP contribution in [0.4, 0.5) is 0 Å². The van der Waals surface area contributed by atoms with Gasteiger partial charge in [-0.05, 0) is 89.9 Å². The van der Waals surface area contributed by atoms with E-state index < -0.39 is 12.1 Å². The first-order chi connectivity index (χ1) is 36.5. The number of hydrogen-bond donors (Lipinski definition) is 3. The summed E-state index contributed by atoms with van der Waals surface area (Å²) in [5.74, 6) is -0.0687. The third-order valence-electron chi connectivity index (χ3n) is 15.1. The number of esters is 1. The molecule has 0 spiro atoms. The molecule has 0 fully saturated rings. The highest BCUT2D eigenvalue weighted by atomic mass is 16.5. The molecule has 0 heterocycles. The van der Waals surface area contributed by atoms with Crippen LogP contribution in [0.25, 0.3) is 0 Å². The van der Waals surface area contributed by atoms with E-state index in [0.717, 1.165) is 51.4 Å². The molecular weight excluding hydrogens is 911 g/mol. The molecule has 0 aromatic heterocycles. The SMILES string of the molecule is CCCCCC/C=C\CCCCCCCC(=O)OCCCCCCCCCCC/C=C\C/C=C\CCCCCCCCCCCCCC(=O)NC(CO)C(O)/C=C/CCCCCCCCCCCCCCCCC. The predicted molar refractivity (Wildman–Crippen MR) is 324 cm³/mol. The Morgan fingerprint density at radius 2 is 0.676 bits per heavy atom. The van der Waals surface area contributed by atoms with Crippen molar-refractivity contribution in [2.45, 2.75) is 360 Å². The number of ether oxygens (including phenoxy) is 1. The van der Waals surface area contributed by atoms with Crippen molar-refractivity contribution >= 4 is 11.9 Å². The average molecular weight is 1040 g/mol. The van der Waals surface area contributed by atoms with Crippen LogP contribution in [0.2, 0.25) is 0 Å². The van der Waals surface area contributed by atoms with E-state index >= 15 is 0 Å². The highest BCUT2D eigenvalue weighted by Crippen LogP contribution is 2.17. The van der Waals surface area contributed by atoms with Crippen molar-refractivity contribution in [3.05, 3.63) is 48.6 Å². The number of aliphatic hydroxyl groups excluding tert-OH is 2. The lowest BCUT2D eigenvalue weighted by Gasteiger charge is -2.20. The van der Waals surface area contributed by atoms with Crippen LogP contribution in [0, 0.1) is 0 Å². The predicted octanol–water partition coefficient (Wildman–Crippen LogP) is 20.9. The van der Waals surface area contributed by atoms with Crippen LogP contribution in [-0.2, 0) is 14.3 Å². The molecule has 0 rings (SSSR count). The standard InChI is InChI=1S/C68H127NO5/c1-3-5-7-9-11-13-15-17-18-30-33-37-40-44-48-52-56-60-66(71)65(64-70)69-67(72)61-57-53-49-45-41-38-34-31-28-26-24-22-20-19-21-23-25-27-29-32-35-39-43-47-51-55-59-63-74-68(73)62-58-54-50-46-42-36-16-14-12-10-8-6-4-2/h14,16,19-20,23,25,56,60,65-66,70-71H,3-13,15,17-18,21-22,24,26-55,57-59,61-64H2,1-2H3,(H,69,72)/b16-14-,20-19-,25-23-,60-56+. The molecule has 0 aliphatic carbocycles. The molecule has 2 atom stereocenters. The maximum atomic E-state index is 12.5. The summed E-state index contributed by atoms with van der Waals surface area (Å²) in [5, 5.41) is 23.2. The van der Waals surface area contributed by atoms with E-state index in [1.165, 1.54) is 270 Å². The van der Waals surface area contributed by atoms with E-state index in [1.54, 1.807) is 6.08 Å². The molecule has 0 radical (unpaired) electrons. The number of rotatable bonds is 61. The van der Waals surface area contributed by atoms with Gasteiger partial charge in [-0.25, -0.2) is 0 Å². The minimum Gasteiger partial charge on any atom is -0.466 e. The Balaban J connectivity index is 3.45. The Labute approximate surface area is 461 Å². The fraction of sp³-hybridized carbons (Fsp3) is 0.853. The van der Waals surface area contributed by atoms with Crippen LogP contribution in [0.15, 0.2) is 48.6 Å². The molecule has 74 heavy (non-hydrogen) atoms. The Kier molecular flexibility index (Phi) is 61.5. The number of nitrogens with one attached hydrogen (secondary N) is 1. The summed E-state index contributed by atoms with van der Waals surface area (Å²) in [5.41, 5.74) is 0. The van der Waals surface area contributed by atoms with Gasteiger partial charge in [0.25, 0.3) is 0 Å². The first-order valence-electron chi connectivity index (χ1n) is 32.9. The summed E-state index contributed by atoms with van der Waals surface area (Å²) in [4.78, 5) is 24.5. The molecule has 0 aliphatic heterocycles. The Bertz CT molecular complexity index is 1240. The molecule has 0 saturated heterocycles. The summed E-state index contributed by atoms with van der Waals surface area (Å²) in [6, 6.07) is -0.631. The van der Waals surface area contributed by atoms with Gasteiger partial charge in [-0.1, -0.05) is 294 Å². The quantitative estimate of drug-likeness (QED) is 0.0320. The van der Waals surface area contributed by atoms with Gasteiger partial charge in [-0.3, -0.25) is 9.59 Å². The number of carbonyl (C=O) groups excluding carboxylic acids is 2. The molecule has 0 aromatic rings. The Morgan fingerprint density at radius 3 is 1.05 bits per heavy atom. The number of unbranched alkanes of at least 4 members (excludes halogenated alkanes) is 44. The summed E-state index contributed by atoms with van der Waals surface area (Å²) >= 11 is 0. The Hall–Kier alpha value is -2.18. The van der Waals surface area contributed by atoms with Gasteiger partial charge in [-0.2, -0.15) is 0 Å². The zero-order valence-electron chi connectivity index (χ0n) is 49.6. The maximum absolute atomic E-state index is 12.5. The molecule has 6 heteroatoms. The fourth-order valence-electron chi connectivity index (χ4n) is 10.0. The number of allylic oxidation sites excluding steroid dienone is 7. The van der Waals surface area contributed by atoms with E-state index in [-0.39, 0.29) is 18.5 Å². The monoisotopic (exact) mass is 1040 g/mol. The van der Waals surface area contributed by atoms with Gasteiger partial charge in [0.1, 0.15) is 0 Å². The van der Waals surface area contributed by atoms with Crippen LogP contribution in [0.1, 0.15) is 348 Å². The second kappa shape index (κ2) is 63.4. The number of aliphatic hydroxyl groups is 2. The summed E-state index contributed by atoms with van der Waals surface area (Å²) in [6.07, 6.45) is 81.6.